The van der Waals surface area contributed by atoms with Gasteiger partial charge < -0.3 is 10.2 Å². The summed E-state index contributed by atoms with van der Waals surface area (Å²) < 4.78 is 0. The van der Waals surface area contributed by atoms with Gasteiger partial charge in [0.05, 0.1) is 12.6 Å². The fourth-order valence-electron chi connectivity index (χ4n) is 3.77. The lowest BCUT2D eigenvalue weighted by Crippen LogP contribution is -2.87. The fourth-order valence-corrected chi connectivity index (χ4v) is 4.67. The van der Waals surface area contributed by atoms with Crippen LogP contribution in [0.2, 0.25) is 0 Å². The summed E-state index contributed by atoms with van der Waals surface area (Å²) in [6, 6.07) is 11.1. The van der Waals surface area contributed by atoms with Crippen molar-refractivity contribution in [1.82, 2.24) is 4.90 Å². The van der Waals surface area contributed by atoms with Crippen molar-refractivity contribution < 1.29 is 10.1 Å². The molecule has 2 N–H and O–H groups in total. The van der Waals surface area contributed by atoms with Gasteiger partial charge >= 0.3 is 0 Å². The van der Waals surface area contributed by atoms with Crippen LogP contribution < -0.4 is 5.32 Å². The van der Waals surface area contributed by atoms with E-state index in [-0.39, 0.29) is 17.4 Å². The molecule has 3 rings (SSSR count). The van der Waals surface area contributed by atoms with Gasteiger partial charge in [0, 0.05) is 17.3 Å². The summed E-state index contributed by atoms with van der Waals surface area (Å²) in [7, 11) is 0. The summed E-state index contributed by atoms with van der Waals surface area (Å²) in [4.78, 5) is 16.5. The first-order valence-corrected chi connectivity index (χ1v) is 10.9. The highest BCUT2D eigenvalue weighted by Crippen LogP contribution is 2.38. The van der Waals surface area contributed by atoms with Gasteiger partial charge in [0.1, 0.15) is 0 Å². The van der Waals surface area contributed by atoms with Crippen LogP contribution in [-0.4, -0.2) is 30.4 Å². The number of rotatable bonds is 5. The van der Waals surface area contributed by atoms with Gasteiger partial charge in [-0.3, -0.25) is 4.79 Å². The summed E-state index contributed by atoms with van der Waals surface area (Å²) in [5, 5.41) is 4.32. The van der Waals surface area contributed by atoms with Crippen LogP contribution in [0.25, 0.3) is 0 Å². The average molecular weight is 386 g/mol. The highest BCUT2D eigenvalue weighted by atomic mass is 32.1. The van der Waals surface area contributed by atoms with E-state index in [9.17, 15) is 4.79 Å². The van der Waals surface area contributed by atoms with E-state index >= 15 is 0 Å². The van der Waals surface area contributed by atoms with Gasteiger partial charge in [-0.25, -0.2) is 0 Å². The Hall–Kier alpha value is -1.65. The molecule has 0 spiro atoms. The van der Waals surface area contributed by atoms with Gasteiger partial charge in [0.25, 0.3) is 5.91 Å². The average Bonchev–Trinajstić information content (AvgIpc) is 3.08. The molecule has 0 radical (unpaired) electrons. The molecule has 1 aromatic carbocycles. The number of carbonyl (C=O) groups is 1. The number of amides is 1. The monoisotopic (exact) mass is 385 g/mol. The van der Waals surface area contributed by atoms with Crippen molar-refractivity contribution in [3.8, 4) is 0 Å². The Morgan fingerprint density at radius 3 is 2.56 bits per heavy atom. The van der Waals surface area contributed by atoms with Gasteiger partial charge in [-0.15, -0.1) is 11.3 Å². The van der Waals surface area contributed by atoms with E-state index < -0.39 is 0 Å². The molecule has 0 saturated carbocycles. The van der Waals surface area contributed by atoms with Gasteiger partial charge in [-0.1, -0.05) is 58.9 Å². The number of nitrogens with two attached hydrogens (primary N) is 1. The highest BCUT2D eigenvalue weighted by molar-refractivity contribution is 7.10. The molecule has 0 bridgehead atoms. The summed E-state index contributed by atoms with van der Waals surface area (Å²) in [5.74, 6) is 0.848. The Morgan fingerprint density at radius 2 is 1.93 bits per heavy atom. The SMILES string of the molecule is CC(C)C[NH2+]CC(=O)N1CCc2sccc2[C@H]1c1ccc(C(C)(C)C)cc1. The molecule has 0 saturated heterocycles. The van der Waals surface area contributed by atoms with Crippen LogP contribution in [-0.2, 0) is 16.6 Å². The second kappa shape index (κ2) is 8.15. The van der Waals surface area contributed by atoms with Crippen LogP contribution >= 0.6 is 11.3 Å². The number of benzene rings is 1. The lowest BCUT2D eigenvalue weighted by atomic mass is 9.85. The van der Waals surface area contributed by atoms with E-state index in [0.29, 0.717) is 12.5 Å². The lowest BCUT2D eigenvalue weighted by molar-refractivity contribution is -0.649. The predicted molar refractivity (Wildman–Crippen MR) is 113 cm³/mol. The standard InChI is InChI=1S/C23H32N2OS/c1-16(2)14-24-15-21(26)25-12-10-20-19(11-13-27-20)22(25)17-6-8-18(9-7-17)23(3,4)5/h6-9,11,13,16,22,24H,10,12,14-15H2,1-5H3/p+1/t22-/m1/s1. The smallest absolute Gasteiger partial charge is 0.278 e. The number of carbonyl (C=O) groups excluding carboxylic acids is 1. The molecule has 4 heteroatoms. The van der Waals surface area contributed by atoms with E-state index in [4.69, 9.17) is 0 Å². The van der Waals surface area contributed by atoms with Gasteiger partial charge in [-0.05, 0) is 40.0 Å². The molecule has 1 amide bonds. The minimum atomic E-state index is 0.0500. The fraction of sp³-hybridized carbons (Fsp3) is 0.522. The molecule has 146 valence electrons. The van der Waals surface area contributed by atoms with Crippen molar-refractivity contribution in [3.63, 3.8) is 0 Å². The van der Waals surface area contributed by atoms with Crippen LogP contribution in [0, 0.1) is 5.92 Å². The van der Waals surface area contributed by atoms with Gasteiger partial charge in [-0.2, -0.15) is 0 Å². The number of hydrogen-bond donors (Lipinski definition) is 1. The lowest BCUT2D eigenvalue weighted by Gasteiger charge is -2.36. The largest absolute Gasteiger partial charge is 0.338 e. The summed E-state index contributed by atoms with van der Waals surface area (Å²) in [5.41, 5.74) is 4.00. The number of fused-ring (bicyclic) bond motifs is 1. The zero-order valence-corrected chi connectivity index (χ0v) is 18.1. The Kier molecular flexibility index (Phi) is 6.07. The molecule has 0 fully saturated rings. The first-order valence-electron chi connectivity index (χ1n) is 10.0. The highest BCUT2D eigenvalue weighted by Gasteiger charge is 2.33. The summed E-state index contributed by atoms with van der Waals surface area (Å²) in [6.07, 6.45) is 0.972. The molecular formula is C23H33N2OS+. The number of thiophene rings is 1. The van der Waals surface area contributed by atoms with Crippen LogP contribution in [0.15, 0.2) is 35.7 Å². The minimum absolute atomic E-state index is 0.0500. The van der Waals surface area contributed by atoms with E-state index in [2.05, 4.69) is 80.5 Å². The molecule has 0 unspecified atom stereocenters. The number of quaternary nitrogens is 1. The topological polar surface area (TPSA) is 36.9 Å². The van der Waals surface area contributed by atoms with E-state index in [1.165, 1.54) is 21.6 Å². The number of nitrogens with zero attached hydrogens (tertiary/aromatic N) is 1. The molecule has 3 nitrogen and oxygen atoms in total. The first-order chi connectivity index (χ1) is 12.8. The number of hydrogen-bond acceptors (Lipinski definition) is 2. The Balaban J connectivity index is 1.87. The van der Waals surface area contributed by atoms with Gasteiger partial charge in [0.15, 0.2) is 6.54 Å². The molecule has 1 aliphatic rings. The molecule has 1 aliphatic heterocycles. The third kappa shape index (κ3) is 4.61. The van der Waals surface area contributed by atoms with Crippen LogP contribution in [0.4, 0.5) is 0 Å². The van der Waals surface area contributed by atoms with Crippen molar-refractivity contribution in [1.29, 1.82) is 0 Å². The van der Waals surface area contributed by atoms with Crippen molar-refractivity contribution in [2.24, 2.45) is 5.92 Å². The van der Waals surface area contributed by atoms with E-state index in [0.717, 1.165) is 19.5 Å². The van der Waals surface area contributed by atoms with Crippen LogP contribution in [0.3, 0.4) is 0 Å². The Bertz CT molecular complexity index is 770. The zero-order chi connectivity index (χ0) is 19.6. The summed E-state index contributed by atoms with van der Waals surface area (Å²) in [6.45, 7) is 13.4. The van der Waals surface area contributed by atoms with Crippen LogP contribution in [0.5, 0.6) is 0 Å². The molecule has 1 atom stereocenters. The molecular weight excluding hydrogens is 352 g/mol. The Labute approximate surface area is 167 Å². The maximum atomic E-state index is 13.0. The van der Waals surface area contributed by atoms with Crippen molar-refractivity contribution in [2.75, 3.05) is 19.6 Å². The van der Waals surface area contributed by atoms with Crippen molar-refractivity contribution >= 4 is 17.2 Å². The minimum Gasteiger partial charge on any atom is -0.338 e. The predicted octanol–water partition coefficient (Wildman–Crippen LogP) is 3.74. The second-order valence-corrected chi connectivity index (χ2v) is 10.0. The molecule has 1 aromatic heterocycles. The first kappa shape index (κ1) is 20.1. The van der Waals surface area contributed by atoms with E-state index in [1.807, 2.05) is 11.3 Å². The third-order valence-corrected chi connectivity index (χ3v) is 6.33. The maximum absolute atomic E-state index is 13.0. The summed E-state index contributed by atoms with van der Waals surface area (Å²) >= 11 is 1.82. The zero-order valence-electron chi connectivity index (χ0n) is 17.3. The normalized spacial score (nSPS) is 17.3. The van der Waals surface area contributed by atoms with Crippen LogP contribution in [0.1, 0.15) is 62.2 Å². The second-order valence-electron chi connectivity index (χ2n) is 9.03. The molecule has 2 aromatic rings. The molecule has 2 heterocycles. The van der Waals surface area contributed by atoms with Gasteiger partial charge in [0.2, 0.25) is 0 Å². The Morgan fingerprint density at radius 1 is 1.22 bits per heavy atom. The van der Waals surface area contributed by atoms with Crippen molar-refractivity contribution in [2.45, 2.75) is 52.5 Å². The molecule has 0 aliphatic carbocycles. The van der Waals surface area contributed by atoms with E-state index in [1.54, 1.807) is 0 Å². The third-order valence-electron chi connectivity index (χ3n) is 5.34. The maximum Gasteiger partial charge on any atom is 0.278 e. The quantitative estimate of drug-likeness (QED) is 0.836. The molecule has 27 heavy (non-hydrogen) atoms. The van der Waals surface area contributed by atoms with Crippen molar-refractivity contribution in [3.05, 3.63) is 57.3 Å².